The van der Waals surface area contributed by atoms with Crippen LogP contribution in [-0.4, -0.2) is 14.1 Å². The van der Waals surface area contributed by atoms with Crippen molar-refractivity contribution in [1.29, 1.82) is 0 Å². The van der Waals surface area contributed by atoms with E-state index >= 15 is 0 Å². The maximum atomic E-state index is 13.5. The quantitative estimate of drug-likeness (QED) is 0.515. The number of hydrogen-bond acceptors (Lipinski definition) is 3. The van der Waals surface area contributed by atoms with Gasteiger partial charge < -0.3 is 4.57 Å². The van der Waals surface area contributed by atoms with Crippen LogP contribution in [-0.2, 0) is 13.5 Å². The molecule has 27 heavy (non-hydrogen) atoms. The van der Waals surface area contributed by atoms with Gasteiger partial charge in [-0.3, -0.25) is 14.2 Å². The summed E-state index contributed by atoms with van der Waals surface area (Å²) in [4.78, 5) is 31.3. The average molecular weight is 359 g/mol. The van der Waals surface area contributed by atoms with Gasteiger partial charge in [-0.25, -0.2) is 4.98 Å². The van der Waals surface area contributed by atoms with Gasteiger partial charge in [0, 0.05) is 18.9 Å². The summed E-state index contributed by atoms with van der Waals surface area (Å²) in [5, 5.41) is 0.662. The Bertz CT molecular complexity index is 1310. The normalized spacial score (nSPS) is 11.4. The van der Waals surface area contributed by atoms with Crippen molar-refractivity contribution in [2.75, 3.05) is 0 Å². The van der Waals surface area contributed by atoms with Crippen molar-refractivity contribution >= 4 is 21.9 Å². The molecule has 136 valence electrons. The summed E-state index contributed by atoms with van der Waals surface area (Å²) < 4.78 is 3.41. The molecule has 0 bridgehead atoms. The lowest BCUT2D eigenvalue weighted by Crippen LogP contribution is -2.29. The molecule has 0 aliphatic carbocycles. The Kier molecular flexibility index (Phi) is 3.95. The summed E-state index contributed by atoms with van der Waals surface area (Å²) in [6.45, 7) is 5.95. The summed E-state index contributed by atoms with van der Waals surface area (Å²) in [6.07, 6.45) is 0.583. The summed E-state index contributed by atoms with van der Waals surface area (Å²) in [6, 6.07) is 13.3. The topological polar surface area (TPSA) is 56.9 Å². The highest BCUT2D eigenvalue weighted by atomic mass is 16.1. The van der Waals surface area contributed by atoms with Crippen molar-refractivity contribution in [3.05, 3.63) is 80.0 Å². The molecule has 0 fully saturated rings. The molecule has 0 radical (unpaired) electrons. The van der Waals surface area contributed by atoms with E-state index < -0.39 is 0 Å². The molecule has 5 heteroatoms. The first kappa shape index (κ1) is 17.2. The lowest BCUT2D eigenvalue weighted by atomic mass is 10.1. The smallest absolute Gasteiger partial charge is 0.271 e. The number of rotatable bonds is 2. The molecule has 0 N–H and O–H groups in total. The van der Waals surface area contributed by atoms with E-state index in [9.17, 15) is 9.59 Å². The van der Waals surface area contributed by atoms with Crippen molar-refractivity contribution < 1.29 is 0 Å². The average Bonchev–Trinajstić information content (AvgIpc) is 2.64. The van der Waals surface area contributed by atoms with Gasteiger partial charge in [-0.2, -0.15) is 0 Å². The number of para-hydroxylation sites is 1. The summed E-state index contributed by atoms with van der Waals surface area (Å²) >= 11 is 0. The van der Waals surface area contributed by atoms with Crippen LogP contribution in [0.25, 0.3) is 27.6 Å². The largest absolute Gasteiger partial charge is 0.328 e. The summed E-state index contributed by atoms with van der Waals surface area (Å²) in [5.41, 5.74) is 3.49. The molecule has 4 rings (SSSR count). The molecular formula is C22H21N3O2. The fourth-order valence-electron chi connectivity index (χ4n) is 3.78. The lowest BCUT2D eigenvalue weighted by Gasteiger charge is -2.16. The molecule has 2 aromatic heterocycles. The van der Waals surface area contributed by atoms with Gasteiger partial charge in [0.05, 0.1) is 11.2 Å². The van der Waals surface area contributed by atoms with Crippen molar-refractivity contribution in [2.45, 2.75) is 27.2 Å². The zero-order valence-corrected chi connectivity index (χ0v) is 15.9. The molecule has 0 saturated heterocycles. The fourth-order valence-corrected chi connectivity index (χ4v) is 3.78. The second-order valence-corrected chi connectivity index (χ2v) is 6.97. The van der Waals surface area contributed by atoms with Gasteiger partial charge >= 0.3 is 0 Å². The first-order chi connectivity index (χ1) is 12.9. The van der Waals surface area contributed by atoms with E-state index in [0.29, 0.717) is 23.3 Å². The minimum Gasteiger partial charge on any atom is -0.328 e. The maximum Gasteiger partial charge on any atom is 0.271 e. The fraction of sp³-hybridized carbons (Fsp3) is 0.227. The van der Waals surface area contributed by atoms with Crippen LogP contribution in [0.5, 0.6) is 0 Å². The minimum atomic E-state index is -0.312. The van der Waals surface area contributed by atoms with Crippen LogP contribution < -0.4 is 11.0 Å². The third-order valence-electron chi connectivity index (χ3n) is 4.97. The van der Waals surface area contributed by atoms with E-state index in [4.69, 9.17) is 4.98 Å². The van der Waals surface area contributed by atoms with Crippen molar-refractivity contribution in [2.24, 2.45) is 7.05 Å². The van der Waals surface area contributed by atoms with E-state index in [-0.39, 0.29) is 16.4 Å². The molecular weight excluding hydrogens is 338 g/mol. The molecule has 2 heterocycles. The van der Waals surface area contributed by atoms with Gasteiger partial charge in [-0.15, -0.1) is 0 Å². The Morgan fingerprint density at radius 2 is 1.67 bits per heavy atom. The predicted octanol–water partition coefficient (Wildman–Crippen LogP) is 3.42. The Morgan fingerprint density at radius 1 is 1.00 bits per heavy atom. The number of benzene rings is 2. The second kappa shape index (κ2) is 6.20. The van der Waals surface area contributed by atoms with Gasteiger partial charge in [-0.1, -0.05) is 25.1 Å². The standard InChI is InChI=1S/C22H21N3O2/c1-5-18-23-21-19(20(26)16-8-6-7-9-17(16)24(21)4)22(27)25(18)15-11-13(2)10-14(3)12-15/h6-12H,5H2,1-4H3. The van der Waals surface area contributed by atoms with Crippen LogP contribution in [0.2, 0.25) is 0 Å². The summed E-state index contributed by atoms with van der Waals surface area (Å²) in [5.74, 6) is 0.641. The Labute approximate surface area is 156 Å². The monoisotopic (exact) mass is 359 g/mol. The van der Waals surface area contributed by atoms with E-state index in [1.165, 1.54) is 0 Å². The van der Waals surface area contributed by atoms with Gasteiger partial charge in [0.2, 0.25) is 5.43 Å². The first-order valence-electron chi connectivity index (χ1n) is 9.04. The zero-order chi connectivity index (χ0) is 19.3. The highest BCUT2D eigenvalue weighted by Crippen LogP contribution is 2.18. The maximum absolute atomic E-state index is 13.5. The van der Waals surface area contributed by atoms with Gasteiger partial charge in [0.25, 0.3) is 5.56 Å². The van der Waals surface area contributed by atoms with E-state index in [1.54, 1.807) is 10.6 Å². The molecule has 0 aliphatic heterocycles. The lowest BCUT2D eigenvalue weighted by molar-refractivity contribution is 0.815. The number of fused-ring (bicyclic) bond motifs is 2. The van der Waals surface area contributed by atoms with E-state index in [2.05, 4.69) is 6.07 Å². The molecule has 4 aromatic rings. The number of nitrogens with zero attached hydrogens (tertiary/aromatic N) is 3. The van der Waals surface area contributed by atoms with Crippen LogP contribution >= 0.6 is 0 Å². The zero-order valence-electron chi connectivity index (χ0n) is 15.9. The van der Waals surface area contributed by atoms with Gasteiger partial charge in [0.1, 0.15) is 11.2 Å². The van der Waals surface area contributed by atoms with Crippen molar-refractivity contribution in [1.82, 2.24) is 14.1 Å². The molecule has 5 nitrogen and oxygen atoms in total. The highest BCUT2D eigenvalue weighted by molar-refractivity contribution is 5.91. The predicted molar refractivity (Wildman–Crippen MR) is 109 cm³/mol. The van der Waals surface area contributed by atoms with Gasteiger partial charge in [-0.05, 0) is 49.2 Å². The van der Waals surface area contributed by atoms with E-state index in [1.807, 2.05) is 62.7 Å². The van der Waals surface area contributed by atoms with Crippen LogP contribution in [0.15, 0.2) is 52.1 Å². The highest BCUT2D eigenvalue weighted by Gasteiger charge is 2.18. The number of pyridine rings is 1. The Hall–Kier alpha value is -3.21. The molecule has 0 saturated carbocycles. The van der Waals surface area contributed by atoms with Crippen molar-refractivity contribution in [3.63, 3.8) is 0 Å². The van der Waals surface area contributed by atoms with Crippen LogP contribution in [0, 0.1) is 13.8 Å². The molecule has 2 aromatic carbocycles. The van der Waals surface area contributed by atoms with Crippen LogP contribution in [0.4, 0.5) is 0 Å². The molecule has 0 amide bonds. The Morgan fingerprint density at radius 3 is 2.33 bits per heavy atom. The molecule has 0 spiro atoms. The van der Waals surface area contributed by atoms with E-state index in [0.717, 1.165) is 22.3 Å². The molecule has 0 unspecified atom stereocenters. The third-order valence-corrected chi connectivity index (χ3v) is 4.97. The van der Waals surface area contributed by atoms with Crippen LogP contribution in [0.1, 0.15) is 23.9 Å². The second-order valence-electron chi connectivity index (χ2n) is 6.97. The van der Waals surface area contributed by atoms with Gasteiger partial charge in [0.15, 0.2) is 5.65 Å². The summed E-state index contributed by atoms with van der Waals surface area (Å²) in [7, 11) is 1.84. The number of hydrogen-bond donors (Lipinski definition) is 0. The number of aromatic nitrogens is 3. The SMILES string of the molecule is CCc1nc2c(c(=O)c3ccccc3n2C)c(=O)n1-c1cc(C)cc(C)c1. The van der Waals surface area contributed by atoms with Crippen LogP contribution in [0.3, 0.4) is 0 Å². The molecule has 0 atom stereocenters. The Balaban J connectivity index is 2.24. The minimum absolute atomic E-state index is 0.132. The molecule has 0 aliphatic rings. The third kappa shape index (κ3) is 2.58. The number of aryl methyl sites for hydroxylation is 4. The first-order valence-corrected chi connectivity index (χ1v) is 9.04. The van der Waals surface area contributed by atoms with Crippen molar-refractivity contribution in [3.8, 4) is 5.69 Å².